The molecule has 0 aromatic heterocycles. The number of aliphatic hydroxyl groups is 1. The van der Waals surface area contributed by atoms with Crippen LogP contribution in [0.3, 0.4) is 0 Å². The van der Waals surface area contributed by atoms with Gasteiger partial charge in [0, 0.05) is 12.6 Å². The topological polar surface area (TPSA) is 23.5 Å². The molecule has 0 radical (unpaired) electrons. The van der Waals surface area contributed by atoms with Crippen molar-refractivity contribution in [2.45, 2.75) is 31.4 Å². The summed E-state index contributed by atoms with van der Waals surface area (Å²) in [4.78, 5) is 2.39. The molecule has 2 heteroatoms. The zero-order valence-corrected chi connectivity index (χ0v) is 7.61. The van der Waals surface area contributed by atoms with Crippen LogP contribution in [0.2, 0.25) is 0 Å². The maximum absolute atomic E-state index is 10.0. The lowest BCUT2D eigenvalue weighted by Crippen LogP contribution is -2.51. The van der Waals surface area contributed by atoms with E-state index in [0.29, 0.717) is 12.0 Å². The van der Waals surface area contributed by atoms with E-state index < -0.39 is 0 Å². The molecule has 5 atom stereocenters. The lowest BCUT2D eigenvalue weighted by molar-refractivity contribution is -0.0458. The first-order chi connectivity index (χ1) is 5.77. The third kappa shape index (κ3) is 0.728. The van der Waals surface area contributed by atoms with Crippen LogP contribution in [0.25, 0.3) is 0 Å². The third-order valence-electron chi connectivity index (χ3n) is 4.38. The molecule has 0 amide bonds. The molecule has 4 aliphatic rings. The predicted octanol–water partition coefficient (Wildman–Crippen LogP) is 0.707. The standard InChI is InChI=1S/C10H17NO/c1-11-5-7-4-6-2-3-8(7)9(11)10(6)12/h6-10,12H,2-5H2,1H3. The van der Waals surface area contributed by atoms with Gasteiger partial charge >= 0.3 is 0 Å². The molecule has 4 bridgehead atoms. The molecule has 4 fully saturated rings. The molecule has 0 aromatic carbocycles. The van der Waals surface area contributed by atoms with Crippen LogP contribution in [0.15, 0.2) is 0 Å². The highest BCUT2D eigenvalue weighted by molar-refractivity contribution is 5.06. The van der Waals surface area contributed by atoms with Crippen LogP contribution in [0, 0.1) is 17.8 Å². The fourth-order valence-electron chi connectivity index (χ4n) is 3.90. The zero-order valence-electron chi connectivity index (χ0n) is 7.61. The molecule has 0 spiro atoms. The van der Waals surface area contributed by atoms with Gasteiger partial charge in [-0.25, -0.2) is 0 Å². The van der Waals surface area contributed by atoms with Gasteiger partial charge in [-0.1, -0.05) is 0 Å². The molecule has 1 heterocycles. The molecular formula is C10H17NO. The van der Waals surface area contributed by atoms with Crippen LogP contribution in [-0.4, -0.2) is 35.7 Å². The van der Waals surface area contributed by atoms with E-state index in [-0.39, 0.29) is 6.10 Å². The summed E-state index contributed by atoms with van der Waals surface area (Å²) in [6.45, 7) is 1.24. The molecule has 5 unspecified atom stereocenters. The van der Waals surface area contributed by atoms with Crippen LogP contribution < -0.4 is 0 Å². The van der Waals surface area contributed by atoms with Crippen molar-refractivity contribution in [3.63, 3.8) is 0 Å². The van der Waals surface area contributed by atoms with Crippen LogP contribution in [0.4, 0.5) is 0 Å². The first-order valence-electron chi connectivity index (χ1n) is 5.15. The monoisotopic (exact) mass is 167 g/mol. The molecule has 3 saturated carbocycles. The molecule has 2 nitrogen and oxygen atoms in total. The summed E-state index contributed by atoms with van der Waals surface area (Å²) >= 11 is 0. The third-order valence-corrected chi connectivity index (χ3v) is 4.38. The Morgan fingerprint density at radius 1 is 1.25 bits per heavy atom. The van der Waals surface area contributed by atoms with Crippen molar-refractivity contribution in [1.29, 1.82) is 0 Å². The molecule has 3 aliphatic carbocycles. The number of aliphatic hydroxyl groups excluding tert-OH is 1. The number of rotatable bonds is 0. The maximum Gasteiger partial charge on any atom is 0.0726 e. The SMILES string of the molecule is CN1CC2CC3CCC2C1C3O. The highest BCUT2D eigenvalue weighted by Crippen LogP contribution is 2.50. The summed E-state index contributed by atoms with van der Waals surface area (Å²) in [5.74, 6) is 2.38. The van der Waals surface area contributed by atoms with Gasteiger partial charge in [0.05, 0.1) is 6.10 Å². The fourth-order valence-corrected chi connectivity index (χ4v) is 3.90. The highest BCUT2D eigenvalue weighted by atomic mass is 16.3. The predicted molar refractivity (Wildman–Crippen MR) is 46.7 cm³/mol. The van der Waals surface area contributed by atoms with Gasteiger partial charge in [0.1, 0.15) is 0 Å². The van der Waals surface area contributed by atoms with Crippen molar-refractivity contribution < 1.29 is 5.11 Å². The van der Waals surface area contributed by atoms with E-state index in [2.05, 4.69) is 11.9 Å². The second kappa shape index (κ2) is 2.24. The van der Waals surface area contributed by atoms with Crippen LogP contribution in [0.1, 0.15) is 19.3 Å². The fraction of sp³-hybridized carbons (Fsp3) is 1.00. The number of hydrogen-bond acceptors (Lipinski definition) is 2. The Morgan fingerprint density at radius 3 is 2.83 bits per heavy atom. The van der Waals surface area contributed by atoms with Crippen molar-refractivity contribution in [1.82, 2.24) is 4.90 Å². The maximum atomic E-state index is 10.0. The van der Waals surface area contributed by atoms with E-state index in [9.17, 15) is 5.11 Å². The molecule has 68 valence electrons. The summed E-state index contributed by atoms with van der Waals surface area (Å²) in [6.07, 6.45) is 3.95. The molecular weight excluding hydrogens is 150 g/mol. The molecule has 4 rings (SSSR count). The highest BCUT2D eigenvalue weighted by Gasteiger charge is 2.53. The van der Waals surface area contributed by atoms with Gasteiger partial charge in [0.2, 0.25) is 0 Å². The van der Waals surface area contributed by atoms with E-state index in [4.69, 9.17) is 0 Å². The first-order valence-corrected chi connectivity index (χ1v) is 5.15. The quantitative estimate of drug-likeness (QED) is 0.574. The zero-order chi connectivity index (χ0) is 8.29. The summed E-state index contributed by atoms with van der Waals surface area (Å²) in [6, 6.07) is 0.516. The van der Waals surface area contributed by atoms with E-state index in [0.717, 1.165) is 11.8 Å². The van der Waals surface area contributed by atoms with Gasteiger partial charge in [0.25, 0.3) is 0 Å². The number of hydrogen-bond donors (Lipinski definition) is 1. The lowest BCUT2D eigenvalue weighted by atomic mass is 9.63. The van der Waals surface area contributed by atoms with Crippen molar-refractivity contribution >= 4 is 0 Å². The Morgan fingerprint density at radius 2 is 2.08 bits per heavy atom. The van der Waals surface area contributed by atoms with Crippen molar-refractivity contribution in [2.75, 3.05) is 13.6 Å². The first kappa shape index (κ1) is 7.34. The molecule has 12 heavy (non-hydrogen) atoms. The number of likely N-dealkylation sites (tertiary alicyclic amines) is 1. The van der Waals surface area contributed by atoms with Gasteiger partial charge in [-0.05, 0) is 44.1 Å². The van der Waals surface area contributed by atoms with Crippen molar-refractivity contribution in [3.8, 4) is 0 Å². The number of likely N-dealkylation sites (N-methyl/N-ethyl adjacent to an activating group) is 1. The second-order valence-electron chi connectivity index (χ2n) is 4.92. The van der Waals surface area contributed by atoms with Gasteiger partial charge in [0.15, 0.2) is 0 Å². The summed E-state index contributed by atoms with van der Waals surface area (Å²) in [7, 11) is 2.18. The molecule has 1 N–H and O–H groups in total. The molecule has 1 aliphatic heterocycles. The normalized spacial score (nSPS) is 58.0. The molecule has 1 saturated heterocycles. The van der Waals surface area contributed by atoms with E-state index in [1.165, 1.54) is 25.8 Å². The summed E-state index contributed by atoms with van der Waals surface area (Å²) < 4.78 is 0. The van der Waals surface area contributed by atoms with E-state index in [1.54, 1.807) is 0 Å². The van der Waals surface area contributed by atoms with Gasteiger partial charge in [-0.2, -0.15) is 0 Å². The average molecular weight is 167 g/mol. The number of fused-ring (bicyclic) bond motifs is 1. The Balaban J connectivity index is 1.97. The van der Waals surface area contributed by atoms with E-state index in [1.807, 2.05) is 0 Å². The minimum atomic E-state index is -0.00694. The van der Waals surface area contributed by atoms with Crippen LogP contribution >= 0.6 is 0 Å². The Labute approximate surface area is 73.6 Å². The Kier molecular flexibility index (Phi) is 1.37. The van der Waals surface area contributed by atoms with E-state index >= 15 is 0 Å². The van der Waals surface area contributed by atoms with Gasteiger partial charge in [-0.3, -0.25) is 0 Å². The van der Waals surface area contributed by atoms with Crippen molar-refractivity contribution in [3.05, 3.63) is 0 Å². The van der Waals surface area contributed by atoms with Crippen LogP contribution in [0.5, 0.6) is 0 Å². The minimum Gasteiger partial charge on any atom is -0.391 e. The molecule has 0 aromatic rings. The Hall–Kier alpha value is -0.0800. The second-order valence-corrected chi connectivity index (χ2v) is 4.92. The Bertz CT molecular complexity index is 206. The largest absolute Gasteiger partial charge is 0.391 e. The smallest absolute Gasteiger partial charge is 0.0726 e. The van der Waals surface area contributed by atoms with Gasteiger partial charge < -0.3 is 10.0 Å². The van der Waals surface area contributed by atoms with Crippen LogP contribution in [-0.2, 0) is 0 Å². The summed E-state index contributed by atoms with van der Waals surface area (Å²) in [5, 5.41) is 10.0. The minimum absolute atomic E-state index is 0.00694. The average Bonchev–Trinajstić information content (AvgIpc) is 2.33. The van der Waals surface area contributed by atoms with Crippen molar-refractivity contribution in [2.24, 2.45) is 17.8 Å². The number of nitrogens with zero attached hydrogens (tertiary/aromatic N) is 1. The van der Waals surface area contributed by atoms with Gasteiger partial charge in [-0.15, -0.1) is 0 Å². The lowest BCUT2D eigenvalue weighted by Gasteiger charge is -2.45. The summed E-state index contributed by atoms with van der Waals surface area (Å²) in [5.41, 5.74) is 0.